The molecule has 5 aromatic rings. The van der Waals surface area contributed by atoms with Gasteiger partial charge in [-0.25, -0.2) is 4.98 Å². The summed E-state index contributed by atoms with van der Waals surface area (Å²) in [5.41, 5.74) is 9.64. The Hall–Kier alpha value is -3.98. The number of rotatable bonds is 4. The minimum absolute atomic E-state index is 0.0135. The van der Waals surface area contributed by atoms with Crippen LogP contribution in [-0.4, -0.2) is 43.6 Å². The quantitative estimate of drug-likeness (QED) is 0.375. The van der Waals surface area contributed by atoms with E-state index in [1.54, 1.807) is 23.7 Å². The first-order valence-electron chi connectivity index (χ1n) is 11.1. The summed E-state index contributed by atoms with van der Waals surface area (Å²) in [4.78, 5) is 22.3. The molecule has 1 amide bonds. The molecule has 8 nitrogen and oxygen atoms in total. The third-order valence-electron chi connectivity index (χ3n) is 6.47. The lowest BCUT2D eigenvalue weighted by Gasteiger charge is -2.31. The maximum Gasteiger partial charge on any atom is 0.245 e. The highest BCUT2D eigenvalue weighted by molar-refractivity contribution is 7.17. The summed E-state index contributed by atoms with van der Waals surface area (Å²) in [5.74, 6) is 1.10. The lowest BCUT2D eigenvalue weighted by molar-refractivity contribution is -0.127. The number of anilines is 1. The summed E-state index contributed by atoms with van der Waals surface area (Å²) in [5, 5.41) is 8.71. The lowest BCUT2D eigenvalue weighted by Crippen LogP contribution is -2.38. The number of piperidine rings is 1. The smallest absolute Gasteiger partial charge is 0.245 e. The molecule has 1 fully saturated rings. The average Bonchev–Trinajstić information content (AvgIpc) is 3.62. The molecule has 0 bridgehead atoms. The first-order chi connectivity index (χ1) is 16.6. The molecule has 34 heavy (non-hydrogen) atoms. The molecular weight excluding hydrogens is 448 g/mol. The van der Waals surface area contributed by atoms with Crippen LogP contribution in [0.3, 0.4) is 0 Å². The van der Waals surface area contributed by atoms with Crippen molar-refractivity contribution >= 4 is 44.1 Å². The number of carbonyl (C=O) groups is 1. The molecule has 170 valence electrons. The van der Waals surface area contributed by atoms with E-state index in [1.807, 2.05) is 40.3 Å². The number of pyridine rings is 2. The zero-order valence-corrected chi connectivity index (χ0v) is 19.2. The second-order valence-electron chi connectivity index (χ2n) is 8.40. The van der Waals surface area contributed by atoms with Crippen LogP contribution in [0.4, 0.5) is 5.82 Å². The van der Waals surface area contributed by atoms with Crippen molar-refractivity contribution in [1.29, 1.82) is 0 Å². The van der Waals surface area contributed by atoms with Gasteiger partial charge in [0.15, 0.2) is 11.4 Å². The van der Waals surface area contributed by atoms with E-state index in [4.69, 9.17) is 10.2 Å². The molecule has 0 aromatic carbocycles. The third-order valence-corrected chi connectivity index (χ3v) is 7.40. The molecule has 0 spiro atoms. The minimum atomic E-state index is -0.0135. The van der Waals surface area contributed by atoms with Crippen molar-refractivity contribution in [3.63, 3.8) is 0 Å². The maximum absolute atomic E-state index is 11.9. The number of furan rings is 1. The van der Waals surface area contributed by atoms with Gasteiger partial charge in [0.1, 0.15) is 5.76 Å². The number of nitrogen functional groups attached to an aromatic ring is 1. The number of nitrogens with zero attached hydrogens (tertiary/aromatic N) is 5. The summed E-state index contributed by atoms with van der Waals surface area (Å²) >= 11 is 1.63. The molecule has 0 saturated carbocycles. The largest absolute Gasteiger partial charge is 0.452 e. The topological polar surface area (TPSA) is 103 Å². The first kappa shape index (κ1) is 20.6. The van der Waals surface area contributed by atoms with Crippen molar-refractivity contribution in [3.05, 3.63) is 61.2 Å². The van der Waals surface area contributed by atoms with Gasteiger partial charge in [0.25, 0.3) is 0 Å². The number of likely N-dealkylation sites (tertiary alicyclic amines) is 1. The van der Waals surface area contributed by atoms with Crippen LogP contribution in [0.25, 0.3) is 43.5 Å². The number of fused-ring (bicyclic) bond motifs is 2. The Labute approximate surface area is 199 Å². The molecule has 6 heterocycles. The van der Waals surface area contributed by atoms with Crippen LogP contribution in [0.5, 0.6) is 0 Å². The van der Waals surface area contributed by atoms with Crippen molar-refractivity contribution in [3.8, 4) is 22.5 Å². The second-order valence-corrected chi connectivity index (χ2v) is 9.31. The van der Waals surface area contributed by atoms with E-state index >= 15 is 0 Å². The van der Waals surface area contributed by atoms with Crippen molar-refractivity contribution < 1.29 is 9.21 Å². The predicted molar refractivity (Wildman–Crippen MR) is 133 cm³/mol. The van der Waals surface area contributed by atoms with E-state index in [0.717, 1.165) is 50.8 Å². The Balaban J connectivity index is 1.34. The molecular formula is C25H22N6O2S. The maximum atomic E-state index is 11.9. The van der Waals surface area contributed by atoms with Gasteiger partial charge in [0.2, 0.25) is 5.91 Å². The van der Waals surface area contributed by atoms with Gasteiger partial charge in [-0.05, 0) is 31.1 Å². The Kier molecular flexibility index (Phi) is 4.91. The summed E-state index contributed by atoms with van der Waals surface area (Å²) in [7, 11) is 0. The van der Waals surface area contributed by atoms with Gasteiger partial charge in [-0.15, -0.1) is 11.3 Å². The summed E-state index contributed by atoms with van der Waals surface area (Å²) in [6.07, 6.45) is 12.4. The summed E-state index contributed by atoms with van der Waals surface area (Å²) in [6, 6.07) is 4.27. The van der Waals surface area contributed by atoms with E-state index in [-0.39, 0.29) is 11.9 Å². The highest BCUT2D eigenvalue weighted by Gasteiger charge is 2.24. The number of amides is 1. The summed E-state index contributed by atoms with van der Waals surface area (Å²) < 4.78 is 9.30. The zero-order valence-electron chi connectivity index (χ0n) is 18.3. The zero-order chi connectivity index (χ0) is 23.2. The number of aromatic nitrogens is 4. The molecule has 5 aromatic heterocycles. The lowest BCUT2D eigenvalue weighted by atomic mass is 10.0. The van der Waals surface area contributed by atoms with E-state index in [2.05, 4.69) is 27.0 Å². The van der Waals surface area contributed by atoms with Gasteiger partial charge in [-0.1, -0.05) is 6.58 Å². The minimum Gasteiger partial charge on any atom is -0.452 e. The molecule has 1 aliphatic rings. The normalized spacial score (nSPS) is 14.8. The molecule has 0 atom stereocenters. The highest BCUT2D eigenvalue weighted by atomic mass is 32.1. The highest BCUT2D eigenvalue weighted by Crippen LogP contribution is 2.40. The number of hydrogen-bond donors (Lipinski definition) is 1. The van der Waals surface area contributed by atoms with Crippen molar-refractivity contribution in [1.82, 2.24) is 24.6 Å². The third kappa shape index (κ3) is 3.36. The average molecular weight is 471 g/mol. The van der Waals surface area contributed by atoms with Crippen LogP contribution in [0.1, 0.15) is 18.9 Å². The van der Waals surface area contributed by atoms with Crippen molar-refractivity contribution in [2.45, 2.75) is 18.9 Å². The SMILES string of the molecule is C=CC(=O)N1CCC(n2cc(-c3cnc(N)c4oc(-c5csc6cnccc56)cc34)cn2)CC1. The summed E-state index contributed by atoms with van der Waals surface area (Å²) in [6.45, 7) is 4.98. The molecule has 9 heteroatoms. The van der Waals surface area contributed by atoms with Gasteiger partial charge in [-0.3, -0.25) is 14.5 Å². The van der Waals surface area contributed by atoms with Crippen molar-refractivity contribution in [2.75, 3.05) is 18.8 Å². The molecule has 0 unspecified atom stereocenters. The van der Waals surface area contributed by atoms with Crippen molar-refractivity contribution in [2.24, 2.45) is 0 Å². The van der Waals surface area contributed by atoms with Gasteiger partial charge in [0, 0.05) is 70.7 Å². The van der Waals surface area contributed by atoms with Gasteiger partial charge >= 0.3 is 0 Å². The van der Waals surface area contributed by atoms with Gasteiger partial charge in [-0.2, -0.15) is 5.10 Å². The molecule has 2 N–H and O–H groups in total. The molecule has 0 aliphatic carbocycles. The van der Waals surface area contributed by atoms with Crippen LogP contribution in [0.2, 0.25) is 0 Å². The van der Waals surface area contributed by atoms with Gasteiger partial charge in [0.05, 0.1) is 16.9 Å². The standard InChI is InChI=1S/C25H22N6O2S/c1-2-23(32)30-7-4-16(5-8-30)31-13-15(10-29-31)19-11-28-25(26)24-18(19)9-21(33-24)20-14-34-22-12-27-6-3-17(20)22/h2-3,6,9-14,16H,1,4-5,7-8H2,(H2,26,28). The second kappa shape index (κ2) is 8.11. The van der Waals surface area contributed by atoms with E-state index < -0.39 is 0 Å². The predicted octanol–water partition coefficient (Wildman–Crippen LogP) is 4.90. The van der Waals surface area contributed by atoms with Crippen LogP contribution < -0.4 is 5.73 Å². The number of thiophene rings is 1. The fraction of sp³-hybridized carbons (Fsp3) is 0.200. The molecule has 1 aliphatic heterocycles. The molecule has 1 saturated heterocycles. The Morgan fingerprint density at radius 1 is 1.21 bits per heavy atom. The van der Waals surface area contributed by atoms with E-state index in [1.165, 1.54) is 6.08 Å². The van der Waals surface area contributed by atoms with E-state index in [9.17, 15) is 4.79 Å². The number of nitrogens with two attached hydrogens (primary N) is 1. The number of hydrogen-bond acceptors (Lipinski definition) is 7. The van der Waals surface area contributed by atoms with Crippen LogP contribution >= 0.6 is 11.3 Å². The van der Waals surface area contributed by atoms with Crippen LogP contribution in [-0.2, 0) is 4.79 Å². The fourth-order valence-electron chi connectivity index (χ4n) is 4.64. The van der Waals surface area contributed by atoms with Crippen LogP contribution in [0, 0.1) is 0 Å². The monoisotopic (exact) mass is 470 g/mol. The van der Waals surface area contributed by atoms with Gasteiger partial charge < -0.3 is 15.1 Å². The Morgan fingerprint density at radius 3 is 2.88 bits per heavy atom. The first-order valence-corrected chi connectivity index (χ1v) is 12.0. The Bertz CT molecular complexity index is 1540. The fourth-order valence-corrected chi connectivity index (χ4v) is 5.55. The Morgan fingerprint density at radius 2 is 2.06 bits per heavy atom. The molecule has 0 radical (unpaired) electrons. The number of carbonyl (C=O) groups excluding carboxylic acids is 1. The van der Waals surface area contributed by atoms with E-state index in [0.29, 0.717) is 24.5 Å². The van der Waals surface area contributed by atoms with Crippen LogP contribution in [0.15, 0.2) is 65.6 Å². The molecule has 6 rings (SSSR count).